The summed E-state index contributed by atoms with van der Waals surface area (Å²) < 4.78 is 19.5. The average Bonchev–Trinajstić information content (AvgIpc) is 2.40. The van der Waals surface area contributed by atoms with Crippen LogP contribution in [-0.4, -0.2) is 18.3 Å². The summed E-state index contributed by atoms with van der Waals surface area (Å²) in [5, 5.41) is 9.98. The Bertz CT molecular complexity index is 502. The van der Waals surface area contributed by atoms with Gasteiger partial charge in [0.2, 0.25) is 0 Å². The van der Waals surface area contributed by atoms with E-state index in [-0.39, 0.29) is 5.41 Å². The predicted molar refractivity (Wildman–Crippen MR) is 91.6 cm³/mol. The molecule has 0 heterocycles. The zero-order valence-corrected chi connectivity index (χ0v) is 15.6. The number of nitrogen functional groups attached to an aromatic ring is 1. The van der Waals surface area contributed by atoms with E-state index in [0.717, 1.165) is 22.4 Å². The highest BCUT2D eigenvalue weighted by atomic mass is 31.1. The summed E-state index contributed by atoms with van der Waals surface area (Å²) in [4.78, 5) is 0. The molecule has 1 aromatic rings. The van der Waals surface area contributed by atoms with Crippen LogP contribution in [0.1, 0.15) is 51.3 Å². The zero-order chi connectivity index (χ0) is 17.5. The van der Waals surface area contributed by atoms with Crippen LogP contribution in [0.3, 0.4) is 0 Å². The standard InChI is InChI=1S/C12H19NO.C4H10O3P/c1-7-8(2)11(14)9(6-10(7)13)12(3,4)5;1-3-6-8(5)7-4-2/h6,14H,13H2,1-5H3;3-4H2,1-2H3/q;+1. The van der Waals surface area contributed by atoms with Crippen LogP contribution in [0.25, 0.3) is 0 Å². The van der Waals surface area contributed by atoms with E-state index in [2.05, 4.69) is 29.8 Å². The Morgan fingerprint density at radius 1 is 1.14 bits per heavy atom. The van der Waals surface area contributed by atoms with Crippen molar-refractivity contribution < 1.29 is 18.7 Å². The van der Waals surface area contributed by atoms with E-state index in [0.29, 0.717) is 19.0 Å². The number of hydrogen-bond acceptors (Lipinski definition) is 5. The molecular formula is C16H29NO4P+. The van der Waals surface area contributed by atoms with Gasteiger partial charge in [-0.1, -0.05) is 20.8 Å². The van der Waals surface area contributed by atoms with Gasteiger partial charge in [0.05, 0.1) is 0 Å². The molecule has 0 aromatic heterocycles. The van der Waals surface area contributed by atoms with E-state index in [1.54, 1.807) is 13.8 Å². The highest BCUT2D eigenvalue weighted by Gasteiger charge is 2.21. The molecule has 0 saturated carbocycles. The van der Waals surface area contributed by atoms with Crippen molar-refractivity contribution in [1.82, 2.24) is 0 Å². The lowest BCUT2D eigenvalue weighted by Crippen LogP contribution is -2.13. The van der Waals surface area contributed by atoms with Gasteiger partial charge in [-0.15, -0.1) is 9.05 Å². The maximum Gasteiger partial charge on any atom is 0.697 e. The van der Waals surface area contributed by atoms with Crippen LogP contribution in [0.15, 0.2) is 6.07 Å². The van der Waals surface area contributed by atoms with Crippen LogP contribution < -0.4 is 5.73 Å². The summed E-state index contributed by atoms with van der Waals surface area (Å²) in [5.74, 6) is 0.379. The van der Waals surface area contributed by atoms with Crippen molar-refractivity contribution in [2.75, 3.05) is 18.9 Å². The number of benzene rings is 1. The number of nitrogens with two attached hydrogens (primary N) is 1. The Labute approximate surface area is 134 Å². The van der Waals surface area contributed by atoms with Crippen LogP contribution in [0.2, 0.25) is 0 Å². The van der Waals surface area contributed by atoms with Gasteiger partial charge in [-0.3, -0.25) is 0 Å². The lowest BCUT2D eigenvalue weighted by Gasteiger charge is -2.23. The molecule has 1 aromatic carbocycles. The van der Waals surface area contributed by atoms with Gasteiger partial charge in [-0.25, -0.2) is 0 Å². The van der Waals surface area contributed by atoms with Gasteiger partial charge >= 0.3 is 8.25 Å². The van der Waals surface area contributed by atoms with E-state index >= 15 is 0 Å². The van der Waals surface area contributed by atoms with E-state index in [9.17, 15) is 9.67 Å². The molecule has 0 radical (unpaired) electrons. The third-order valence-electron chi connectivity index (χ3n) is 3.18. The van der Waals surface area contributed by atoms with Crippen LogP contribution in [0.4, 0.5) is 5.69 Å². The third kappa shape index (κ3) is 6.30. The Kier molecular flexibility index (Phi) is 8.61. The quantitative estimate of drug-likeness (QED) is 0.479. The van der Waals surface area contributed by atoms with Crippen LogP contribution in [0, 0.1) is 13.8 Å². The molecule has 5 nitrogen and oxygen atoms in total. The first kappa shape index (κ1) is 20.8. The molecule has 3 N–H and O–H groups in total. The molecule has 0 unspecified atom stereocenters. The number of phenolic OH excluding ortho intramolecular Hbond substituents is 1. The van der Waals surface area contributed by atoms with Crippen molar-refractivity contribution >= 4 is 13.9 Å². The molecule has 1 rings (SSSR count). The molecule has 0 spiro atoms. The molecular weight excluding hydrogens is 301 g/mol. The molecule has 126 valence electrons. The Morgan fingerprint density at radius 3 is 1.95 bits per heavy atom. The molecule has 0 bridgehead atoms. The van der Waals surface area contributed by atoms with Gasteiger partial charge < -0.3 is 10.8 Å². The first-order chi connectivity index (χ1) is 10.1. The fourth-order valence-electron chi connectivity index (χ4n) is 1.75. The summed E-state index contributed by atoms with van der Waals surface area (Å²) in [5.41, 5.74) is 9.33. The Balaban J connectivity index is 0.000000472. The first-order valence-electron chi connectivity index (χ1n) is 7.38. The second-order valence-electron chi connectivity index (χ2n) is 5.92. The number of aromatic hydroxyl groups is 1. The maximum atomic E-state index is 10.3. The largest absolute Gasteiger partial charge is 0.697 e. The van der Waals surface area contributed by atoms with Crippen molar-refractivity contribution in [1.29, 1.82) is 0 Å². The van der Waals surface area contributed by atoms with E-state index in [4.69, 9.17) is 5.73 Å². The molecule has 0 fully saturated rings. The predicted octanol–water partition coefficient (Wildman–Crippen LogP) is 4.61. The SMILES string of the molecule is CCO[P+](=O)OCC.Cc1c(N)cc(C(C)(C)C)c(O)c1C. The van der Waals surface area contributed by atoms with E-state index in [1.165, 1.54) is 0 Å². The first-order valence-corrected chi connectivity index (χ1v) is 8.47. The molecule has 0 atom stereocenters. The summed E-state index contributed by atoms with van der Waals surface area (Å²) in [6.07, 6.45) is 0. The minimum atomic E-state index is -1.83. The molecule has 0 aliphatic carbocycles. The smallest absolute Gasteiger partial charge is 0.507 e. The molecule has 22 heavy (non-hydrogen) atoms. The minimum absolute atomic E-state index is 0.0728. The molecule has 0 aliphatic heterocycles. The molecule has 0 amide bonds. The average molecular weight is 330 g/mol. The van der Waals surface area contributed by atoms with E-state index in [1.807, 2.05) is 19.9 Å². The fourth-order valence-corrected chi connectivity index (χ4v) is 2.24. The Hall–Kier alpha value is -1.16. The normalized spacial score (nSPS) is 10.9. The number of anilines is 1. The van der Waals surface area contributed by atoms with Crippen molar-refractivity contribution in [3.8, 4) is 5.75 Å². The number of phenols is 1. The monoisotopic (exact) mass is 330 g/mol. The van der Waals surface area contributed by atoms with E-state index < -0.39 is 8.25 Å². The molecule has 6 heteroatoms. The van der Waals surface area contributed by atoms with Crippen molar-refractivity contribution in [2.45, 2.75) is 53.9 Å². The highest BCUT2D eigenvalue weighted by Crippen LogP contribution is 2.36. The fraction of sp³-hybridized carbons (Fsp3) is 0.625. The van der Waals surface area contributed by atoms with Gasteiger partial charge in [-0.2, -0.15) is 0 Å². The van der Waals surface area contributed by atoms with Crippen LogP contribution in [-0.2, 0) is 19.0 Å². The van der Waals surface area contributed by atoms with Gasteiger partial charge in [0, 0.05) is 15.8 Å². The van der Waals surface area contributed by atoms with Crippen molar-refractivity contribution in [2.24, 2.45) is 0 Å². The summed E-state index contributed by atoms with van der Waals surface area (Å²) in [6, 6.07) is 1.87. The topological polar surface area (TPSA) is 81.8 Å². The maximum absolute atomic E-state index is 10.3. The summed E-state index contributed by atoms with van der Waals surface area (Å²) >= 11 is 0. The van der Waals surface area contributed by atoms with Gasteiger partial charge in [-0.05, 0) is 50.3 Å². The van der Waals surface area contributed by atoms with Gasteiger partial charge in [0.15, 0.2) is 0 Å². The molecule has 0 aliphatic rings. The molecule has 0 saturated heterocycles. The third-order valence-corrected chi connectivity index (χ3v) is 4.12. The summed E-state index contributed by atoms with van der Waals surface area (Å²) in [6.45, 7) is 14.4. The lowest BCUT2D eigenvalue weighted by molar-refractivity contribution is 0.243. The second kappa shape index (κ2) is 9.09. The van der Waals surface area contributed by atoms with Crippen LogP contribution >= 0.6 is 8.25 Å². The van der Waals surface area contributed by atoms with Crippen molar-refractivity contribution in [3.05, 3.63) is 22.8 Å². The zero-order valence-electron chi connectivity index (χ0n) is 14.7. The van der Waals surface area contributed by atoms with Gasteiger partial charge in [0.1, 0.15) is 19.0 Å². The Morgan fingerprint density at radius 2 is 1.59 bits per heavy atom. The highest BCUT2D eigenvalue weighted by molar-refractivity contribution is 7.33. The lowest BCUT2D eigenvalue weighted by atomic mass is 9.84. The van der Waals surface area contributed by atoms with Crippen LogP contribution in [0.5, 0.6) is 5.75 Å². The van der Waals surface area contributed by atoms with Crippen molar-refractivity contribution in [3.63, 3.8) is 0 Å². The number of hydrogen-bond donors (Lipinski definition) is 2. The van der Waals surface area contributed by atoms with Gasteiger partial charge in [0.25, 0.3) is 0 Å². The second-order valence-corrected chi connectivity index (χ2v) is 6.88. The summed E-state index contributed by atoms with van der Waals surface area (Å²) in [7, 11) is -1.83. The minimum Gasteiger partial charge on any atom is -0.507 e. The number of rotatable bonds is 4.